The Labute approximate surface area is 167 Å². The number of benzene rings is 1. The van der Waals surface area contributed by atoms with Crippen LogP contribution >= 0.6 is 11.8 Å². The first-order valence-corrected chi connectivity index (χ1v) is 10.4. The van der Waals surface area contributed by atoms with Crippen LogP contribution in [-0.2, 0) is 19.6 Å². The van der Waals surface area contributed by atoms with Crippen molar-refractivity contribution in [2.75, 3.05) is 0 Å². The highest BCUT2D eigenvalue weighted by molar-refractivity contribution is 7.99. The third-order valence-electron chi connectivity index (χ3n) is 5.16. The molecule has 1 aromatic rings. The molecule has 5 heteroatoms. The summed E-state index contributed by atoms with van der Waals surface area (Å²) in [6.07, 6.45) is -1.79. The molecule has 150 valence electrons. The molecule has 2 fully saturated rings. The predicted octanol–water partition coefficient (Wildman–Crippen LogP) is 4.57. The van der Waals surface area contributed by atoms with E-state index in [1.54, 1.807) is 18.7 Å². The van der Waals surface area contributed by atoms with Crippen molar-refractivity contribution >= 4 is 11.8 Å². The van der Waals surface area contributed by atoms with Crippen LogP contribution in [0, 0.1) is 6.92 Å². The number of aliphatic hydroxyl groups is 1. The number of aryl methyl sites for hydroxylation is 1. The van der Waals surface area contributed by atoms with Crippen LogP contribution in [0.2, 0.25) is 0 Å². The fraction of sp³-hybridized carbons (Fsp3) is 0.636. The van der Waals surface area contributed by atoms with E-state index in [9.17, 15) is 5.11 Å². The van der Waals surface area contributed by atoms with Crippen LogP contribution < -0.4 is 0 Å². The normalized spacial score (nSPS) is 31.0. The second-order valence-corrected chi connectivity index (χ2v) is 10.3. The summed E-state index contributed by atoms with van der Waals surface area (Å²) in [6, 6.07) is 6.58. The molecule has 2 saturated heterocycles. The van der Waals surface area contributed by atoms with Crippen LogP contribution in [0.5, 0.6) is 0 Å². The minimum atomic E-state index is -0.775. The molecular formula is C22H32O4S. The number of hydrogen-bond acceptors (Lipinski definition) is 5. The molecule has 1 aromatic carbocycles. The van der Waals surface area contributed by atoms with Crippen molar-refractivity contribution in [2.45, 2.75) is 94.4 Å². The van der Waals surface area contributed by atoms with Gasteiger partial charge in [-0.05, 0) is 55.9 Å². The van der Waals surface area contributed by atoms with Gasteiger partial charge in [-0.3, -0.25) is 0 Å². The van der Waals surface area contributed by atoms with Gasteiger partial charge in [0.05, 0.1) is 0 Å². The minimum Gasteiger partial charge on any atom is -0.386 e. The van der Waals surface area contributed by atoms with Crippen molar-refractivity contribution in [3.05, 3.63) is 41.5 Å². The zero-order valence-corrected chi connectivity index (χ0v) is 18.2. The topological polar surface area (TPSA) is 47.9 Å². The highest BCUT2D eigenvalue weighted by atomic mass is 32.2. The molecule has 0 radical (unpaired) electrons. The molecule has 0 unspecified atom stereocenters. The Hall–Kier alpha value is -0.850. The summed E-state index contributed by atoms with van der Waals surface area (Å²) in [4.78, 5) is 1.17. The van der Waals surface area contributed by atoms with E-state index < -0.39 is 18.0 Å². The number of rotatable bonds is 4. The number of hydrogen-bond donors (Lipinski definition) is 1. The molecule has 4 nitrogen and oxygen atoms in total. The van der Waals surface area contributed by atoms with Gasteiger partial charge in [0.1, 0.15) is 29.9 Å². The second-order valence-electron chi connectivity index (χ2n) is 9.17. The number of aliphatic hydroxyl groups excluding tert-OH is 1. The molecule has 0 spiro atoms. The van der Waals surface area contributed by atoms with Gasteiger partial charge in [-0.2, -0.15) is 0 Å². The van der Waals surface area contributed by atoms with E-state index in [-0.39, 0.29) is 23.1 Å². The molecule has 0 saturated carbocycles. The lowest BCUT2D eigenvalue weighted by Gasteiger charge is -2.27. The maximum absolute atomic E-state index is 10.6. The summed E-state index contributed by atoms with van der Waals surface area (Å²) in [5, 5.41) is 10.6. The van der Waals surface area contributed by atoms with Gasteiger partial charge in [-0.1, -0.05) is 51.2 Å². The Kier molecular flexibility index (Phi) is 5.56. The first kappa shape index (κ1) is 20.9. The van der Waals surface area contributed by atoms with E-state index in [2.05, 4.69) is 52.5 Å². The van der Waals surface area contributed by atoms with E-state index in [1.165, 1.54) is 16.0 Å². The zero-order chi connectivity index (χ0) is 20.1. The van der Waals surface area contributed by atoms with Crippen LogP contribution in [0.3, 0.4) is 0 Å². The fourth-order valence-electron chi connectivity index (χ4n) is 3.54. The average Bonchev–Trinajstić information content (AvgIpc) is 3.01. The molecule has 0 aromatic heterocycles. The Bertz CT molecular complexity index is 722. The van der Waals surface area contributed by atoms with Crippen LogP contribution in [0.15, 0.2) is 35.2 Å². The van der Waals surface area contributed by atoms with E-state index in [1.807, 2.05) is 13.8 Å². The van der Waals surface area contributed by atoms with E-state index in [4.69, 9.17) is 14.2 Å². The van der Waals surface area contributed by atoms with Crippen molar-refractivity contribution in [1.82, 2.24) is 0 Å². The lowest BCUT2D eigenvalue weighted by atomic mass is 9.87. The van der Waals surface area contributed by atoms with E-state index in [0.717, 1.165) is 0 Å². The van der Waals surface area contributed by atoms with Gasteiger partial charge >= 0.3 is 0 Å². The Morgan fingerprint density at radius 3 is 2.44 bits per heavy atom. The second kappa shape index (κ2) is 7.20. The largest absolute Gasteiger partial charge is 0.386 e. The van der Waals surface area contributed by atoms with Gasteiger partial charge in [0.15, 0.2) is 5.79 Å². The number of ether oxygens (including phenoxy) is 3. The molecule has 0 amide bonds. The Morgan fingerprint density at radius 1 is 1.22 bits per heavy atom. The van der Waals surface area contributed by atoms with Gasteiger partial charge < -0.3 is 19.3 Å². The standard InChI is InChI=1S/C22H32O4S/c1-12(2)16(23)17-18-19(26-22(7,8)25-18)20(24-17)27-15-11-14(21(4,5)6)10-9-13(15)3/h9-11,16-20,23H,1H2,2-8H3/t16-,17-,18-,19-,20+/m1/s1. The monoisotopic (exact) mass is 392 g/mol. The van der Waals surface area contributed by atoms with E-state index >= 15 is 0 Å². The molecule has 5 atom stereocenters. The van der Waals surface area contributed by atoms with Gasteiger partial charge in [0.25, 0.3) is 0 Å². The van der Waals surface area contributed by atoms with Crippen LogP contribution in [0.1, 0.15) is 52.7 Å². The summed E-state index contributed by atoms with van der Waals surface area (Å²) >= 11 is 1.65. The van der Waals surface area contributed by atoms with Crippen LogP contribution in [0.25, 0.3) is 0 Å². The Morgan fingerprint density at radius 2 is 1.85 bits per heavy atom. The summed E-state index contributed by atoms with van der Waals surface area (Å²) in [6.45, 7) is 18.2. The number of fused-ring (bicyclic) bond motifs is 1. The molecule has 0 bridgehead atoms. The smallest absolute Gasteiger partial charge is 0.164 e. The molecule has 2 heterocycles. The van der Waals surface area contributed by atoms with Crippen molar-refractivity contribution in [3.8, 4) is 0 Å². The lowest BCUT2D eigenvalue weighted by molar-refractivity contribution is -0.185. The third kappa shape index (κ3) is 4.28. The predicted molar refractivity (Wildman–Crippen MR) is 109 cm³/mol. The third-order valence-corrected chi connectivity index (χ3v) is 6.47. The SMILES string of the molecule is C=C(C)[C@@H](O)[C@H]1O[C@@H](Sc2cc(C(C)(C)C)ccc2C)[C@@H]2OC(C)(C)O[C@@H]21. The molecular weight excluding hydrogens is 360 g/mol. The van der Waals surface area contributed by atoms with Crippen LogP contribution in [0.4, 0.5) is 0 Å². The first-order chi connectivity index (χ1) is 12.4. The number of thioether (sulfide) groups is 1. The van der Waals surface area contributed by atoms with Gasteiger partial charge in [0.2, 0.25) is 0 Å². The van der Waals surface area contributed by atoms with E-state index in [0.29, 0.717) is 5.57 Å². The highest BCUT2D eigenvalue weighted by Gasteiger charge is 2.57. The fourth-order valence-corrected chi connectivity index (χ4v) is 4.77. The molecule has 2 aliphatic rings. The highest BCUT2D eigenvalue weighted by Crippen LogP contribution is 2.46. The molecule has 27 heavy (non-hydrogen) atoms. The molecule has 0 aliphatic carbocycles. The average molecular weight is 393 g/mol. The lowest BCUT2D eigenvalue weighted by Crippen LogP contribution is -2.39. The van der Waals surface area contributed by atoms with Crippen LogP contribution in [-0.4, -0.2) is 40.7 Å². The summed E-state index contributed by atoms with van der Waals surface area (Å²) in [7, 11) is 0. The molecule has 1 N–H and O–H groups in total. The molecule has 3 rings (SSSR count). The summed E-state index contributed by atoms with van der Waals surface area (Å²) in [5.74, 6) is -0.687. The Balaban J connectivity index is 1.88. The quantitative estimate of drug-likeness (QED) is 0.761. The summed E-state index contributed by atoms with van der Waals surface area (Å²) in [5.41, 5.74) is 2.99. The van der Waals surface area contributed by atoms with Gasteiger partial charge in [-0.25, -0.2) is 0 Å². The summed E-state index contributed by atoms with van der Waals surface area (Å²) < 4.78 is 18.4. The van der Waals surface area contributed by atoms with Crippen molar-refractivity contribution in [1.29, 1.82) is 0 Å². The van der Waals surface area contributed by atoms with Crippen molar-refractivity contribution < 1.29 is 19.3 Å². The maximum atomic E-state index is 10.6. The van der Waals surface area contributed by atoms with Gasteiger partial charge in [-0.15, -0.1) is 0 Å². The van der Waals surface area contributed by atoms with Crippen molar-refractivity contribution in [3.63, 3.8) is 0 Å². The first-order valence-electron chi connectivity index (χ1n) is 9.51. The van der Waals surface area contributed by atoms with Crippen molar-refractivity contribution in [2.24, 2.45) is 0 Å². The van der Waals surface area contributed by atoms with Gasteiger partial charge in [0, 0.05) is 4.90 Å². The maximum Gasteiger partial charge on any atom is 0.164 e. The zero-order valence-electron chi connectivity index (χ0n) is 17.4. The molecule has 2 aliphatic heterocycles. The minimum absolute atomic E-state index is 0.0791.